The van der Waals surface area contributed by atoms with Crippen molar-refractivity contribution in [1.29, 1.82) is 0 Å². The number of piperidine rings is 1. The Bertz CT molecular complexity index is 918. The lowest BCUT2D eigenvalue weighted by Crippen LogP contribution is -2.34. The van der Waals surface area contributed by atoms with E-state index in [2.05, 4.69) is 43.0 Å². The highest BCUT2D eigenvalue weighted by molar-refractivity contribution is 5.56. The van der Waals surface area contributed by atoms with Crippen LogP contribution < -0.4 is 4.90 Å². The smallest absolute Gasteiger partial charge is 0.273 e. The van der Waals surface area contributed by atoms with Crippen LogP contribution in [0.3, 0.4) is 0 Å². The van der Waals surface area contributed by atoms with Crippen LogP contribution in [0, 0.1) is 17.8 Å². The van der Waals surface area contributed by atoms with E-state index >= 15 is 0 Å². The van der Waals surface area contributed by atoms with Crippen LogP contribution in [0.25, 0.3) is 0 Å². The molecule has 4 rings (SSSR count). The first-order valence-corrected chi connectivity index (χ1v) is 11.3. The van der Waals surface area contributed by atoms with Gasteiger partial charge in [-0.1, -0.05) is 32.0 Å². The van der Waals surface area contributed by atoms with Crippen molar-refractivity contribution < 1.29 is 18.7 Å². The highest BCUT2D eigenvalue weighted by Gasteiger charge is 2.46. The molecule has 0 aromatic heterocycles. The Labute approximate surface area is 183 Å². The predicted molar refractivity (Wildman–Crippen MR) is 119 cm³/mol. The second-order valence-corrected chi connectivity index (χ2v) is 9.60. The largest absolute Gasteiger partial charge is 0.508 e. The zero-order valence-electron chi connectivity index (χ0n) is 18.2. The van der Waals surface area contributed by atoms with Crippen molar-refractivity contribution >= 4 is 12.0 Å². The second-order valence-electron chi connectivity index (χ2n) is 9.60. The fraction of sp³-hybridized carbons (Fsp3) is 0.500. The Hall–Kier alpha value is -2.43. The third-order valence-corrected chi connectivity index (χ3v) is 6.88. The van der Waals surface area contributed by atoms with Gasteiger partial charge in [0, 0.05) is 42.6 Å². The van der Waals surface area contributed by atoms with E-state index in [9.17, 15) is 18.7 Å². The van der Waals surface area contributed by atoms with E-state index in [1.54, 1.807) is 6.07 Å². The molecule has 0 amide bonds. The Kier molecular flexibility index (Phi) is 6.05. The van der Waals surface area contributed by atoms with E-state index < -0.39 is 5.92 Å². The Morgan fingerprint density at radius 2 is 1.81 bits per heavy atom. The van der Waals surface area contributed by atoms with Gasteiger partial charge in [0.15, 0.2) is 0 Å². The minimum absolute atomic E-state index is 0.0440. The fourth-order valence-corrected chi connectivity index (χ4v) is 5.41. The Morgan fingerprint density at radius 3 is 2.42 bits per heavy atom. The topological polar surface area (TPSA) is 40.5 Å². The van der Waals surface area contributed by atoms with Crippen LogP contribution in [-0.4, -0.2) is 24.5 Å². The van der Waals surface area contributed by atoms with Gasteiger partial charge in [0.25, 0.3) is 5.92 Å². The quantitative estimate of drug-likeness (QED) is 0.587. The normalized spacial score (nSPS) is 23.6. The van der Waals surface area contributed by atoms with Gasteiger partial charge in [0.2, 0.25) is 0 Å². The van der Waals surface area contributed by atoms with E-state index in [0.717, 1.165) is 49.9 Å². The molecule has 31 heavy (non-hydrogen) atoms. The number of hydrogen-bond donors (Lipinski definition) is 1. The number of anilines is 1. The molecule has 2 aromatic rings. The number of carbonyl (C=O) groups is 1. The molecule has 1 heterocycles. The maximum atomic E-state index is 15.0. The molecule has 2 aromatic carbocycles. The van der Waals surface area contributed by atoms with Crippen molar-refractivity contribution in [2.24, 2.45) is 17.8 Å². The van der Waals surface area contributed by atoms with Gasteiger partial charge < -0.3 is 14.8 Å². The molecule has 2 aliphatic rings. The summed E-state index contributed by atoms with van der Waals surface area (Å²) >= 11 is 0. The minimum Gasteiger partial charge on any atom is -0.508 e. The number of hydrogen-bond acceptors (Lipinski definition) is 3. The zero-order valence-corrected chi connectivity index (χ0v) is 18.2. The van der Waals surface area contributed by atoms with Crippen molar-refractivity contribution in [3.05, 3.63) is 59.2 Å². The van der Waals surface area contributed by atoms with Crippen molar-refractivity contribution in [2.75, 3.05) is 18.0 Å². The van der Waals surface area contributed by atoms with Gasteiger partial charge in [-0.2, -0.15) is 0 Å². The van der Waals surface area contributed by atoms with Crippen molar-refractivity contribution in [1.82, 2.24) is 0 Å². The highest BCUT2D eigenvalue weighted by Crippen LogP contribution is 2.53. The summed E-state index contributed by atoms with van der Waals surface area (Å²) in [6.45, 7) is 5.87. The van der Waals surface area contributed by atoms with Crippen LogP contribution in [-0.2, 0) is 10.7 Å². The molecule has 0 bridgehead atoms. The third kappa shape index (κ3) is 4.46. The lowest BCUT2D eigenvalue weighted by molar-refractivity contribution is -0.111. The molecule has 2 atom stereocenters. The molecule has 0 radical (unpaired) electrons. The predicted octanol–water partition coefficient (Wildman–Crippen LogP) is 6.10. The number of aldehydes is 1. The standard InChI is InChI=1S/C26H31F2NO2/c1-17(2)13-20-15-26(27,28)24-14-22(31)7-8-23(24)25(20)19-3-5-21(6-4-19)29-11-9-18(16-30)10-12-29/h3-8,14,16-18,20,25,31H,9-13,15H2,1-2H3/t20-,25-/m0/s1. The number of fused-ring (bicyclic) bond motifs is 1. The van der Waals surface area contributed by atoms with Gasteiger partial charge in [-0.25, -0.2) is 8.78 Å². The number of benzene rings is 2. The van der Waals surface area contributed by atoms with Crippen molar-refractivity contribution in [3.63, 3.8) is 0 Å². The summed E-state index contributed by atoms with van der Waals surface area (Å²) in [7, 11) is 0. The Balaban J connectivity index is 1.66. The first kappa shape index (κ1) is 21.8. The minimum atomic E-state index is -2.94. The summed E-state index contributed by atoms with van der Waals surface area (Å²) < 4.78 is 30.0. The number of alkyl halides is 2. The lowest BCUT2D eigenvalue weighted by Gasteiger charge is -2.39. The molecule has 166 valence electrons. The van der Waals surface area contributed by atoms with Gasteiger partial charge in [-0.05, 0) is 66.5 Å². The SMILES string of the molecule is CC(C)C[C@H]1CC(F)(F)c2cc(O)ccc2[C@H]1c1ccc(N2CCC(C=O)CC2)cc1. The van der Waals surface area contributed by atoms with Crippen LogP contribution in [0.15, 0.2) is 42.5 Å². The van der Waals surface area contributed by atoms with Crippen LogP contribution >= 0.6 is 0 Å². The molecule has 3 nitrogen and oxygen atoms in total. The van der Waals surface area contributed by atoms with E-state index in [-0.39, 0.29) is 35.5 Å². The maximum absolute atomic E-state index is 15.0. The molecule has 1 aliphatic carbocycles. The van der Waals surface area contributed by atoms with E-state index in [1.165, 1.54) is 12.1 Å². The first-order chi connectivity index (χ1) is 14.8. The second kappa shape index (κ2) is 8.60. The molecular weight excluding hydrogens is 396 g/mol. The van der Waals surface area contributed by atoms with Gasteiger partial charge in [-0.3, -0.25) is 0 Å². The van der Waals surface area contributed by atoms with Gasteiger partial charge in [0.1, 0.15) is 12.0 Å². The number of phenolic OH excluding ortho intramolecular Hbond substituents is 1. The number of aromatic hydroxyl groups is 1. The summed E-state index contributed by atoms with van der Waals surface area (Å²) in [5.41, 5.74) is 2.73. The average Bonchev–Trinajstić information content (AvgIpc) is 2.74. The molecule has 5 heteroatoms. The van der Waals surface area contributed by atoms with Crippen LogP contribution in [0.5, 0.6) is 5.75 Å². The monoisotopic (exact) mass is 427 g/mol. The first-order valence-electron chi connectivity index (χ1n) is 11.3. The lowest BCUT2D eigenvalue weighted by atomic mass is 9.68. The molecular formula is C26H31F2NO2. The van der Waals surface area contributed by atoms with E-state index in [4.69, 9.17) is 0 Å². The summed E-state index contributed by atoms with van der Waals surface area (Å²) in [6, 6.07) is 12.7. The van der Waals surface area contributed by atoms with Crippen LogP contribution in [0.1, 0.15) is 62.1 Å². The zero-order chi connectivity index (χ0) is 22.2. The molecule has 0 unspecified atom stereocenters. The van der Waals surface area contributed by atoms with Crippen LogP contribution in [0.2, 0.25) is 0 Å². The molecule has 0 spiro atoms. The maximum Gasteiger partial charge on any atom is 0.273 e. The van der Waals surface area contributed by atoms with E-state index in [0.29, 0.717) is 11.5 Å². The number of carbonyl (C=O) groups excluding carboxylic acids is 1. The summed E-state index contributed by atoms with van der Waals surface area (Å²) in [5, 5.41) is 9.85. The molecule has 1 aliphatic heterocycles. The highest BCUT2D eigenvalue weighted by atomic mass is 19.3. The molecule has 1 fully saturated rings. The van der Waals surface area contributed by atoms with Gasteiger partial charge in [-0.15, -0.1) is 0 Å². The fourth-order valence-electron chi connectivity index (χ4n) is 5.41. The van der Waals surface area contributed by atoms with Crippen molar-refractivity contribution in [2.45, 2.75) is 51.4 Å². The number of nitrogens with zero attached hydrogens (tertiary/aromatic N) is 1. The third-order valence-electron chi connectivity index (χ3n) is 6.88. The van der Waals surface area contributed by atoms with Crippen molar-refractivity contribution in [3.8, 4) is 5.75 Å². The average molecular weight is 428 g/mol. The molecule has 0 saturated carbocycles. The van der Waals surface area contributed by atoms with E-state index in [1.807, 2.05) is 0 Å². The van der Waals surface area contributed by atoms with Crippen LogP contribution in [0.4, 0.5) is 14.5 Å². The summed E-state index contributed by atoms with van der Waals surface area (Å²) in [5.74, 6) is -2.86. The van der Waals surface area contributed by atoms with Gasteiger partial charge >= 0.3 is 0 Å². The molecule has 1 saturated heterocycles. The summed E-state index contributed by atoms with van der Waals surface area (Å²) in [6.07, 6.45) is 3.32. The Morgan fingerprint density at radius 1 is 1.13 bits per heavy atom. The number of phenols is 1. The number of rotatable bonds is 5. The van der Waals surface area contributed by atoms with Gasteiger partial charge in [0.05, 0.1) is 0 Å². The molecule has 1 N–H and O–H groups in total. The summed E-state index contributed by atoms with van der Waals surface area (Å²) in [4.78, 5) is 13.3. The number of halogens is 2.